The molecule has 17 heteroatoms. The number of hydrogen-bond donors (Lipinski definition) is 3. The molecule has 4 N–H and O–H groups in total. The Bertz CT molecular complexity index is 1360. The van der Waals surface area contributed by atoms with E-state index in [2.05, 4.69) is 21.5 Å². The lowest BCUT2D eigenvalue weighted by molar-refractivity contribution is -0.440. The fourth-order valence-corrected chi connectivity index (χ4v) is 7.77. The van der Waals surface area contributed by atoms with Crippen LogP contribution in [0.5, 0.6) is 0 Å². The number of hydrazine groups is 4. The highest BCUT2D eigenvalue weighted by Crippen LogP contribution is 2.45. The second-order valence-corrected chi connectivity index (χ2v) is 11.9. The van der Waals surface area contributed by atoms with Crippen LogP contribution in [-0.2, 0) is 25.6 Å². The molecule has 0 spiro atoms. The average Bonchev–Trinajstić information content (AvgIpc) is 3.66. The largest absolute Gasteiger partial charge is 0.477 e. The van der Waals surface area contributed by atoms with Crippen molar-refractivity contribution in [1.82, 2.24) is 35.9 Å². The summed E-state index contributed by atoms with van der Waals surface area (Å²) >= 11 is 3.87. The molecule has 3 unspecified atom stereocenters. The molecule has 8 rings (SSSR count). The standard InChI is InChI=1S/C22H23N9O5S3/c1-2-7-27-22-25-26-30(27)31(36-14-5-3-4-6-14)29(15(32)8-13-11-38-21(23)24-13)17-18(33)28-16(20(34)35)12(10-39-22)9-37-19(17)28/h1,3,5,11,14,17,19,26H,4,6-10H2,(H2,23,24)(H,34,35)/t14?,17?,19-/m0/s1. The highest BCUT2D eigenvalue weighted by atomic mass is 32.2. The summed E-state index contributed by atoms with van der Waals surface area (Å²) in [6.07, 6.45) is 10.4. The molecule has 6 aliphatic heterocycles. The quantitative estimate of drug-likeness (QED) is 0.235. The van der Waals surface area contributed by atoms with Crippen molar-refractivity contribution in [3.05, 3.63) is 34.5 Å². The maximum atomic E-state index is 14.0. The number of carbonyl (C=O) groups excluding carboxylic acids is 2. The van der Waals surface area contributed by atoms with Crippen molar-refractivity contribution < 1.29 is 24.3 Å². The predicted molar refractivity (Wildman–Crippen MR) is 144 cm³/mol. The van der Waals surface area contributed by atoms with Crippen molar-refractivity contribution in [2.75, 3.05) is 23.8 Å². The third-order valence-corrected chi connectivity index (χ3v) is 9.59. The van der Waals surface area contributed by atoms with Crippen LogP contribution in [0.25, 0.3) is 0 Å². The van der Waals surface area contributed by atoms with Crippen LogP contribution in [0, 0.1) is 12.3 Å². The van der Waals surface area contributed by atoms with Crippen molar-refractivity contribution in [3.63, 3.8) is 0 Å². The van der Waals surface area contributed by atoms with Crippen molar-refractivity contribution >= 4 is 62.9 Å². The van der Waals surface area contributed by atoms with Gasteiger partial charge in [-0.15, -0.1) is 34.6 Å². The molecular formula is C22H23N9O5S3. The summed E-state index contributed by atoms with van der Waals surface area (Å²) in [5.74, 6) is 1.00. The first-order valence-corrected chi connectivity index (χ1v) is 14.8. The number of amidine groups is 1. The molecule has 1 aromatic rings. The molecule has 204 valence electrons. The number of hydrazone groups is 1. The third-order valence-electron chi connectivity index (χ3n) is 6.49. The SMILES string of the molecule is C#CCN1C2=NNN1N(OC1C=CCC1)N(C(=O)Cc1csc(N)n1)C1C(=O)N3C(C(=O)O)=C(CS2)CS[C@@H]13. The van der Waals surface area contributed by atoms with E-state index in [1.54, 1.807) is 10.4 Å². The Balaban J connectivity index is 1.46. The first-order chi connectivity index (χ1) is 18.9. The number of carboxylic acid groups (broad SMARTS) is 1. The number of carbonyl (C=O) groups is 3. The summed E-state index contributed by atoms with van der Waals surface area (Å²) in [7, 11) is 0. The van der Waals surface area contributed by atoms with Gasteiger partial charge in [-0.2, -0.15) is 0 Å². The van der Waals surface area contributed by atoms with E-state index in [-0.39, 0.29) is 24.4 Å². The van der Waals surface area contributed by atoms with Gasteiger partial charge >= 0.3 is 5.97 Å². The highest BCUT2D eigenvalue weighted by Gasteiger charge is 2.60. The number of hydrogen-bond acceptors (Lipinski definition) is 14. The topological polar surface area (TPSA) is 160 Å². The van der Waals surface area contributed by atoms with Gasteiger partial charge in [-0.1, -0.05) is 29.8 Å². The van der Waals surface area contributed by atoms with Crippen LogP contribution in [-0.4, -0.2) is 94.0 Å². The van der Waals surface area contributed by atoms with Gasteiger partial charge in [-0.05, 0) is 18.4 Å². The minimum Gasteiger partial charge on any atom is -0.477 e. The molecule has 4 atom stereocenters. The van der Waals surface area contributed by atoms with Crippen LogP contribution < -0.4 is 11.3 Å². The first-order valence-electron chi connectivity index (χ1n) is 11.9. The number of rotatable bonds is 6. The Hall–Kier alpha value is -3.27. The van der Waals surface area contributed by atoms with Gasteiger partial charge in [0.25, 0.3) is 5.91 Å². The second-order valence-electron chi connectivity index (χ2n) is 8.94. The Morgan fingerprint density at radius 1 is 1.36 bits per heavy atom. The zero-order chi connectivity index (χ0) is 27.3. The van der Waals surface area contributed by atoms with Gasteiger partial charge in [0.05, 0.1) is 12.1 Å². The number of fused-ring (bicyclic) bond motifs is 1. The molecule has 0 saturated carbocycles. The van der Waals surface area contributed by atoms with Crippen LogP contribution in [0.4, 0.5) is 5.13 Å². The number of nitrogens with one attached hydrogen (secondary N) is 1. The van der Waals surface area contributed by atoms with Crippen molar-refractivity contribution in [2.45, 2.75) is 36.8 Å². The molecule has 14 nitrogen and oxygen atoms in total. The maximum Gasteiger partial charge on any atom is 0.352 e. The molecular weight excluding hydrogens is 567 g/mol. The number of thioether (sulfide) groups is 2. The zero-order valence-corrected chi connectivity index (χ0v) is 22.7. The minimum absolute atomic E-state index is 0.0532. The second kappa shape index (κ2) is 10.4. The van der Waals surface area contributed by atoms with Crippen LogP contribution >= 0.6 is 34.9 Å². The van der Waals surface area contributed by atoms with Crippen molar-refractivity contribution in [2.24, 2.45) is 5.10 Å². The number of thiazole rings is 1. The molecule has 0 aromatic carbocycles. The maximum absolute atomic E-state index is 14.0. The van der Waals surface area contributed by atoms with E-state index >= 15 is 0 Å². The zero-order valence-electron chi connectivity index (χ0n) is 20.3. The summed E-state index contributed by atoms with van der Waals surface area (Å²) in [5, 5.41) is 21.6. The summed E-state index contributed by atoms with van der Waals surface area (Å²) in [6.45, 7) is 0.0532. The lowest BCUT2D eigenvalue weighted by Crippen LogP contribution is -2.77. The number of amides is 2. The van der Waals surface area contributed by atoms with Crippen molar-refractivity contribution in [1.29, 1.82) is 0 Å². The first kappa shape index (κ1) is 26.0. The summed E-state index contributed by atoms with van der Waals surface area (Å²) in [6, 6.07) is -1.06. The molecule has 7 aliphatic rings. The third kappa shape index (κ3) is 4.52. The van der Waals surface area contributed by atoms with E-state index in [0.29, 0.717) is 33.7 Å². The molecule has 1 aliphatic carbocycles. The van der Waals surface area contributed by atoms with Crippen LogP contribution in [0.3, 0.4) is 0 Å². The lowest BCUT2D eigenvalue weighted by atomic mass is 10.0. The molecule has 7 heterocycles. The van der Waals surface area contributed by atoms with Crippen molar-refractivity contribution in [3.8, 4) is 12.3 Å². The molecule has 2 amide bonds. The number of nitrogen functional groups attached to an aromatic ring is 1. The number of allylic oxidation sites excluding steroid dienone is 1. The minimum atomic E-state index is -1.20. The van der Waals surface area contributed by atoms with Gasteiger partial charge in [0.2, 0.25) is 11.1 Å². The Morgan fingerprint density at radius 3 is 2.90 bits per heavy atom. The number of nitrogens with two attached hydrogens (primary N) is 1. The molecule has 2 saturated heterocycles. The van der Waals surface area contributed by atoms with Gasteiger partial charge in [0, 0.05) is 27.4 Å². The van der Waals surface area contributed by atoms with Crippen LogP contribution in [0.2, 0.25) is 0 Å². The number of β-lactam (4-membered cyclic amide) rings is 1. The van der Waals surface area contributed by atoms with E-state index in [4.69, 9.17) is 17.0 Å². The summed E-state index contributed by atoms with van der Waals surface area (Å²) in [4.78, 5) is 51.9. The Morgan fingerprint density at radius 2 is 2.21 bits per heavy atom. The average molecular weight is 590 g/mol. The normalized spacial score (nSPS) is 28.0. The van der Waals surface area contributed by atoms with Gasteiger partial charge in [-0.25, -0.2) is 25.3 Å². The number of aromatic nitrogens is 1. The Kier molecular flexibility index (Phi) is 6.91. The molecule has 1 aromatic heterocycles. The van der Waals surface area contributed by atoms with Crippen LogP contribution in [0.15, 0.2) is 33.9 Å². The molecule has 39 heavy (non-hydrogen) atoms. The summed E-state index contributed by atoms with van der Waals surface area (Å²) in [5.41, 5.74) is 9.61. The van der Waals surface area contributed by atoms with E-state index in [1.165, 1.54) is 55.3 Å². The summed E-state index contributed by atoms with van der Waals surface area (Å²) < 4.78 is 0. The Labute approximate surface area is 235 Å². The molecule has 2 fully saturated rings. The fourth-order valence-electron chi connectivity index (χ4n) is 4.75. The monoisotopic (exact) mass is 589 g/mol. The predicted octanol–water partition coefficient (Wildman–Crippen LogP) is 0.189. The highest BCUT2D eigenvalue weighted by molar-refractivity contribution is 8.14. The van der Waals surface area contributed by atoms with E-state index in [0.717, 1.165) is 6.42 Å². The number of terminal acetylenes is 1. The molecule has 6 bridgehead atoms. The van der Waals surface area contributed by atoms with Gasteiger partial charge in [0.1, 0.15) is 23.7 Å². The van der Waals surface area contributed by atoms with E-state index in [1.807, 2.05) is 12.2 Å². The van der Waals surface area contributed by atoms with Gasteiger partial charge in [0.15, 0.2) is 11.2 Å². The van der Waals surface area contributed by atoms with E-state index < -0.39 is 35.3 Å². The fraction of sp³-hybridized carbons (Fsp3) is 0.409. The number of anilines is 1. The number of nitrogens with zero attached hydrogens (tertiary/aromatic N) is 7. The number of carboxylic acids is 1. The smallest absolute Gasteiger partial charge is 0.352 e. The van der Waals surface area contributed by atoms with Gasteiger partial charge in [-0.3, -0.25) is 19.3 Å². The van der Waals surface area contributed by atoms with Gasteiger partial charge < -0.3 is 10.8 Å². The van der Waals surface area contributed by atoms with E-state index in [9.17, 15) is 19.5 Å². The number of aliphatic carboxylic acids is 1. The van der Waals surface area contributed by atoms with Crippen LogP contribution in [0.1, 0.15) is 18.5 Å². The lowest BCUT2D eigenvalue weighted by Gasteiger charge is -2.55. The molecule has 0 radical (unpaired) electrons.